The molecule has 1 unspecified atom stereocenters. The number of sulfonamides is 1. The number of carbonyl (C=O) groups is 2. The molecule has 1 N–H and O–H groups in total. The number of nitrogens with zero attached hydrogens (tertiary/aromatic N) is 1. The minimum Gasteiger partial charge on any atom is -0.449 e. The number of nitrogens with one attached hydrogen (secondary N) is 1. The van der Waals surface area contributed by atoms with Crippen LogP contribution in [-0.2, 0) is 19.6 Å². The molecule has 0 aliphatic heterocycles. The van der Waals surface area contributed by atoms with Crippen LogP contribution in [0.5, 0.6) is 0 Å². The van der Waals surface area contributed by atoms with Crippen molar-refractivity contribution >= 4 is 21.9 Å². The van der Waals surface area contributed by atoms with Gasteiger partial charge in [-0.05, 0) is 50.3 Å². The van der Waals surface area contributed by atoms with E-state index in [9.17, 15) is 18.0 Å². The largest absolute Gasteiger partial charge is 0.449 e. The molecule has 2 rings (SSSR count). The van der Waals surface area contributed by atoms with Crippen molar-refractivity contribution in [2.24, 2.45) is 5.92 Å². The van der Waals surface area contributed by atoms with Gasteiger partial charge in [-0.25, -0.2) is 13.2 Å². The van der Waals surface area contributed by atoms with Crippen LogP contribution in [0, 0.1) is 12.8 Å². The molecule has 1 aromatic carbocycles. The molecule has 1 fully saturated rings. The highest BCUT2D eigenvalue weighted by Crippen LogP contribution is 2.23. The van der Waals surface area contributed by atoms with Crippen molar-refractivity contribution in [3.8, 4) is 0 Å². The van der Waals surface area contributed by atoms with Gasteiger partial charge in [0.1, 0.15) is 0 Å². The monoisotopic (exact) mass is 438 g/mol. The summed E-state index contributed by atoms with van der Waals surface area (Å²) < 4.78 is 32.4. The summed E-state index contributed by atoms with van der Waals surface area (Å²) in [6.45, 7) is 8.01. The molecule has 1 aliphatic rings. The third-order valence-electron chi connectivity index (χ3n) is 5.69. The fourth-order valence-corrected chi connectivity index (χ4v) is 5.48. The van der Waals surface area contributed by atoms with E-state index in [1.165, 1.54) is 42.6 Å². The van der Waals surface area contributed by atoms with E-state index >= 15 is 0 Å². The summed E-state index contributed by atoms with van der Waals surface area (Å²) in [5, 5.41) is 2.87. The maximum absolute atomic E-state index is 12.9. The van der Waals surface area contributed by atoms with Crippen molar-refractivity contribution in [2.45, 2.75) is 70.8 Å². The first-order valence-electron chi connectivity index (χ1n) is 10.8. The van der Waals surface area contributed by atoms with Gasteiger partial charge in [0.2, 0.25) is 10.0 Å². The van der Waals surface area contributed by atoms with Gasteiger partial charge in [-0.3, -0.25) is 4.79 Å². The van der Waals surface area contributed by atoms with Gasteiger partial charge in [-0.1, -0.05) is 39.2 Å². The predicted octanol–water partition coefficient (Wildman–Crippen LogP) is 3.27. The summed E-state index contributed by atoms with van der Waals surface area (Å²) in [6.07, 6.45) is 4.91. The summed E-state index contributed by atoms with van der Waals surface area (Å²) in [5.74, 6) is -0.570. The smallest absolute Gasteiger partial charge is 0.338 e. The molecule has 1 aliphatic carbocycles. The summed E-state index contributed by atoms with van der Waals surface area (Å²) >= 11 is 0. The molecule has 1 amide bonds. The van der Waals surface area contributed by atoms with Gasteiger partial charge >= 0.3 is 5.97 Å². The van der Waals surface area contributed by atoms with E-state index in [0.29, 0.717) is 31.1 Å². The second-order valence-corrected chi connectivity index (χ2v) is 9.77. The molecular formula is C22H34N2O5S. The average molecular weight is 439 g/mol. The van der Waals surface area contributed by atoms with Crippen molar-refractivity contribution < 1.29 is 22.7 Å². The molecule has 0 bridgehead atoms. The summed E-state index contributed by atoms with van der Waals surface area (Å²) in [6, 6.07) is 4.43. The maximum Gasteiger partial charge on any atom is 0.338 e. The Morgan fingerprint density at radius 1 is 1.17 bits per heavy atom. The molecule has 1 atom stereocenters. The standard InChI is InChI=1S/C22H34N2O5S/c1-5-24(6-2)30(27,28)20-14-19(13-12-16(20)3)22(26)29-17(4)21(25)23-15-18-10-8-7-9-11-18/h12-14,17-18H,5-11,15H2,1-4H3,(H,23,25). The third kappa shape index (κ3) is 6.04. The predicted molar refractivity (Wildman–Crippen MR) is 116 cm³/mol. The van der Waals surface area contributed by atoms with Gasteiger partial charge < -0.3 is 10.1 Å². The van der Waals surface area contributed by atoms with Gasteiger partial charge in [0, 0.05) is 19.6 Å². The normalized spacial score (nSPS) is 16.3. The Labute approximate surface area is 180 Å². The van der Waals surface area contributed by atoms with E-state index in [4.69, 9.17) is 4.74 Å². The van der Waals surface area contributed by atoms with E-state index in [-0.39, 0.29) is 16.4 Å². The van der Waals surface area contributed by atoms with Gasteiger partial charge in [0.05, 0.1) is 10.5 Å². The fraction of sp³-hybridized carbons (Fsp3) is 0.636. The zero-order valence-corrected chi connectivity index (χ0v) is 19.3. The highest BCUT2D eigenvalue weighted by Gasteiger charge is 2.26. The molecule has 168 valence electrons. The molecule has 0 saturated heterocycles. The number of esters is 1. The lowest BCUT2D eigenvalue weighted by Crippen LogP contribution is -2.38. The van der Waals surface area contributed by atoms with Gasteiger partial charge in [0.15, 0.2) is 6.10 Å². The number of aryl methyl sites for hydroxylation is 1. The molecule has 30 heavy (non-hydrogen) atoms. The first kappa shape index (κ1) is 24.3. The zero-order valence-electron chi connectivity index (χ0n) is 18.4. The van der Waals surface area contributed by atoms with Gasteiger partial charge in [0.25, 0.3) is 5.91 Å². The lowest BCUT2D eigenvalue weighted by Gasteiger charge is -2.22. The first-order valence-corrected chi connectivity index (χ1v) is 12.2. The second kappa shape index (κ2) is 10.9. The number of benzene rings is 1. The quantitative estimate of drug-likeness (QED) is 0.598. The summed E-state index contributed by atoms with van der Waals surface area (Å²) in [5.41, 5.74) is 0.662. The molecule has 0 aromatic heterocycles. The lowest BCUT2D eigenvalue weighted by atomic mass is 9.89. The van der Waals surface area contributed by atoms with Crippen LogP contribution < -0.4 is 5.32 Å². The highest BCUT2D eigenvalue weighted by molar-refractivity contribution is 7.89. The van der Waals surface area contributed by atoms with Gasteiger partial charge in [-0.2, -0.15) is 4.31 Å². The summed E-state index contributed by atoms with van der Waals surface area (Å²) in [7, 11) is -3.71. The second-order valence-electron chi connectivity index (χ2n) is 7.87. The molecule has 1 saturated carbocycles. The van der Waals surface area contributed by atoms with E-state index in [2.05, 4.69) is 5.32 Å². The minimum absolute atomic E-state index is 0.0788. The van der Waals surface area contributed by atoms with Crippen LogP contribution in [0.15, 0.2) is 23.1 Å². The molecular weight excluding hydrogens is 404 g/mol. The lowest BCUT2D eigenvalue weighted by molar-refractivity contribution is -0.129. The van der Waals surface area contributed by atoms with Crippen molar-refractivity contribution in [2.75, 3.05) is 19.6 Å². The Morgan fingerprint density at radius 3 is 2.40 bits per heavy atom. The van der Waals surface area contributed by atoms with Crippen molar-refractivity contribution in [1.82, 2.24) is 9.62 Å². The number of carbonyl (C=O) groups excluding carboxylic acids is 2. The van der Waals surface area contributed by atoms with Crippen molar-refractivity contribution in [3.63, 3.8) is 0 Å². The van der Waals surface area contributed by atoms with Crippen LogP contribution in [0.2, 0.25) is 0 Å². The number of amides is 1. The minimum atomic E-state index is -3.71. The molecule has 1 aromatic rings. The number of rotatable bonds is 9. The van der Waals surface area contributed by atoms with Crippen molar-refractivity contribution in [3.05, 3.63) is 29.3 Å². The molecule has 0 radical (unpaired) electrons. The van der Waals surface area contributed by atoms with Crippen LogP contribution in [-0.4, -0.2) is 50.3 Å². The SMILES string of the molecule is CCN(CC)S(=O)(=O)c1cc(C(=O)OC(C)C(=O)NCC2CCCCC2)ccc1C. The fourth-order valence-electron chi connectivity index (χ4n) is 3.77. The Bertz CT molecular complexity index is 843. The van der Waals surface area contributed by atoms with E-state index < -0.39 is 22.1 Å². The topological polar surface area (TPSA) is 92.8 Å². The molecule has 0 spiro atoms. The van der Waals surface area contributed by atoms with E-state index in [1.54, 1.807) is 26.8 Å². The molecule has 0 heterocycles. The Balaban J connectivity index is 2.05. The van der Waals surface area contributed by atoms with Crippen LogP contribution in [0.1, 0.15) is 68.8 Å². The highest BCUT2D eigenvalue weighted by atomic mass is 32.2. The Morgan fingerprint density at radius 2 is 1.80 bits per heavy atom. The Hall–Kier alpha value is -1.93. The van der Waals surface area contributed by atoms with Crippen LogP contribution >= 0.6 is 0 Å². The number of ether oxygens (including phenoxy) is 1. The van der Waals surface area contributed by atoms with Crippen LogP contribution in [0.4, 0.5) is 0 Å². The van der Waals surface area contributed by atoms with Crippen LogP contribution in [0.25, 0.3) is 0 Å². The number of hydrogen-bond donors (Lipinski definition) is 1. The van der Waals surface area contributed by atoms with E-state index in [1.807, 2.05) is 0 Å². The van der Waals surface area contributed by atoms with Crippen LogP contribution in [0.3, 0.4) is 0 Å². The molecule has 8 heteroatoms. The maximum atomic E-state index is 12.9. The van der Waals surface area contributed by atoms with Crippen molar-refractivity contribution in [1.29, 1.82) is 0 Å². The average Bonchev–Trinajstić information content (AvgIpc) is 2.73. The zero-order chi connectivity index (χ0) is 22.3. The van der Waals surface area contributed by atoms with Gasteiger partial charge in [-0.15, -0.1) is 0 Å². The van der Waals surface area contributed by atoms with E-state index in [0.717, 1.165) is 12.8 Å². The third-order valence-corrected chi connectivity index (χ3v) is 7.88. The number of hydrogen-bond acceptors (Lipinski definition) is 5. The first-order chi connectivity index (χ1) is 14.2. The molecule has 7 nitrogen and oxygen atoms in total. The summed E-state index contributed by atoms with van der Waals surface area (Å²) in [4.78, 5) is 24.9. The Kier molecular flexibility index (Phi) is 8.85.